The average molecular weight is 560 g/mol. The molecule has 0 aliphatic rings. The number of amides is 2. The third-order valence-electron chi connectivity index (χ3n) is 5.93. The molecule has 38 heavy (non-hydrogen) atoms. The van der Waals surface area contributed by atoms with Gasteiger partial charge in [0.15, 0.2) is 0 Å². The highest BCUT2D eigenvalue weighted by Gasteiger charge is 2.33. The van der Waals surface area contributed by atoms with E-state index in [9.17, 15) is 22.4 Å². The summed E-state index contributed by atoms with van der Waals surface area (Å²) in [7, 11) is -4.15. The normalized spacial score (nSPS) is 12.0. The van der Waals surface area contributed by atoms with Gasteiger partial charge >= 0.3 is 0 Å². The molecule has 0 saturated heterocycles. The number of hydrogen-bond acceptors (Lipinski definition) is 4. The lowest BCUT2D eigenvalue weighted by Crippen LogP contribution is -2.52. The lowest BCUT2D eigenvalue weighted by Gasteiger charge is -2.33. The topological polar surface area (TPSA) is 86.8 Å². The molecule has 0 radical (unpaired) electrons. The largest absolute Gasteiger partial charge is 0.354 e. The Bertz CT molecular complexity index is 1320. The summed E-state index contributed by atoms with van der Waals surface area (Å²) in [6, 6.07) is 18.7. The summed E-state index contributed by atoms with van der Waals surface area (Å²) in [6.07, 6.45) is 1.02. The van der Waals surface area contributed by atoms with E-state index in [4.69, 9.17) is 11.6 Å². The Morgan fingerprint density at radius 2 is 1.58 bits per heavy atom. The van der Waals surface area contributed by atoms with Crippen LogP contribution in [0.2, 0.25) is 5.02 Å². The van der Waals surface area contributed by atoms with Gasteiger partial charge in [-0.1, -0.05) is 55.8 Å². The Morgan fingerprint density at radius 3 is 2.16 bits per heavy atom. The third-order valence-corrected chi connectivity index (χ3v) is 7.97. The molecule has 7 nitrogen and oxygen atoms in total. The van der Waals surface area contributed by atoms with Crippen molar-refractivity contribution in [1.29, 1.82) is 0 Å². The van der Waals surface area contributed by atoms with Gasteiger partial charge in [-0.2, -0.15) is 0 Å². The number of sulfonamides is 1. The van der Waals surface area contributed by atoms with Gasteiger partial charge in [0.1, 0.15) is 18.4 Å². The maximum absolute atomic E-state index is 13.9. The molecule has 3 aromatic carbocycles. The van der Waals surface area contributed by atoms with E-state index in [0.29, 0.717) is 30.0 Å². The van der Waals surface area contributed by atoms with Crippen molar-refractivity contribution in [3.8, 4) is 0 Å². The van der Waals surface area contributed by atoms with E-state index in [1.807, 2.05) is 6.92 Å². The minimum Gasteiger partial charge on any atom is -0.354 e. The predicted octanol–water partition coefficient (Wildman–Crippen LogP) is 5.01. The monoisotopic (exact) mass is 559 g/mol. The second-order valence-corrected chi connectivity index (χ2v) is 11.0. The quantitative estimate of drug-likeness (QED) is 0.338. The maximum Gasteiger partial charge on any atom is 0.264 e. The van der Waals surface area contributed by atoms with Gasteiger partial charge in [0.2, 0.25) is 11.8 Å². The van der Waals surface area contributed by atoms with Gasteiger partial charge in [-0.25, -0.2) is 12.8 Å². The Labute approximate surface area is 228 Å². The molecular weight excluding hydrogens is 529 g/mol. The molecule has 0 aromatic heterocycles. The summed E-state index contributed by atoms with van der Waals surface area (Å²) in [5, 5.41) is 3.23. The van der Waals surface area contributed by atoms with E-state index in [2.05, 4.69) is 5.32 Å². The lowest BCUT2D eigenvalue weighted by molar-refractivity contribution is -0.140. The van der Waals surface area contributed by atoms with E-state index in [-0.39, 0.29) is 23.0 Å². The molecule has 202 valence electrons. The minimum absolute atomic E-state index is 0.00297. The smallest absolute Gasteiger partial charge is 0.264 e. The number of carbonyl (C=O) groups excluding carboxylic acids is 2. The average Bonchev–Trinajstić information content (AvgIpc) is 2.92. The van der Waals surface area contributed by atoms with E-state index in [1.165, 1.54) is 65.6 Å². The molecule has 0 spiro atoms. The number of hydrogen-bond donors (Lipinski definition) is 1. The van der Waals surface area contributed by atoms with Gasteiger partial charge in [0.25, 0.3) is 10.0 Å². The molecule has 1 N–H and O–H groups in total. The zero-order chi connectivity index (χ0) is 27.7. The first-order chi connectivity index (χ1) is 18.2. The van der Waals surface area contributed by atoms with Crippen LogP contribution in [-0.4, -0.2) is 44.3 Å². The van der Waals surface area contributed by atoms with Gasteiger partial charge in [0, 0.05) is 18.1 Å². The number of carbonyl (C=O) groups is 2. The van der Waals surface area contributed by atoms with E-state index in [1.54, 1.807) is 25.1 Å². The number of anilines is 1. The number of rotatable bonds is 12. The summed E-state index contributed by atoms with van der Waals surface area (Å²) < 4.78 is 41.9. The van der Waals surface area contributed by atoms with Crippen molar-refractivity contribution < 1.29 is 22.4 Å². The van der Waals surface area contributed by atoms with Crippen LogP contribution in [0.5, 0.6) is 0 Å². The van der Waals surface area contributed by atoms with Crippen LogP contribution in [0.15, 0.2) is 83.8 Å². The maximum atomic E-state index is 13.9. The number of nitrogens with one attached hydrogen (secondary N) is 1. The first kappa shape index (κ1) is 29.1. The summed E-state index contributed by atoms with van der Waals surface area (Å²) in [5.74, 6) is -1.35. The second kappa shape index (κ2) is 13.4. The van der Waals surface area contributed by atoms with Crippen LogP contribution in [0.25, 0.3) is 0 Å². The molecule has 0 heterocycles. The van der Waals surface area contributed by atoms with Crippen molar-refractivity contribution in [2.45, 2.75) is 44.2 Å². The van der Waals surface area contributed by atoms with E-state index in [0.717, 1.165) is 4.31 Å². The molecule has 0 bridgehead atoms. The zero-order valence-corrected chi connectivity index (χ0v) is 22.9. The van der Waals surface area contributed by atoms with Crippen molar-refractivity contribution >= 4 is 39.1 Å². The molecule has 0 fully saturated rings. The molecule has 0 aliphatic heterocycles. The van der Waals surface area contributed by atoms with E-state index >= 15 is 0 Å². The molecule has 1 atom stereocenters. The van der Waals surface area contributed by atoms with Crippen molar-refractivity contribution in [3.05, 3.63) is 95.3 Å². The number of benzene rings is 3. The van der Waals surface area contributed by atoms with Crippen LogP contribution < -0.4 is 9.62 Å². The molecule has 0 saturated carbocycles. The van der Waals surface area contributed by atoms with Crippen molar-refractivity contribution in [3.63, 3.8) is 0 Å². The van der Waals surface area contributed by atoms with Gasteiger partial charge < -0.3 is 10.2 Å². The lowest BCUT2D eigenvalue weighted by atomic mass is 10.1. The van der Waals surface area contributed by atoms with Gasteiger partial charge in [-0.05, 0) is 66.9 Å². The van der Waals surface area contributed by atoms with Gasteiger partial charge in [-0.15, -0.1) is 0 Å². The zero-order valence-electron chi connectivity index (χ0n) is 21.3. The fourth-order valence-electron chi connectivity index (χ4n) is 3.93. The highest BCUT2D eigenvalue weighted by molar-refractivity contribution is 7.92. The first-order valence-electron chi connectivity index (χ1n) is 12.3. The fraction of sp³-hybridized carbons (Fsp3) is 0.286. The Morgan fingerprint density at radius 1 is 0.947 bits per heavy atom. The molecular formula is C28H31ClFN3O4S. The summed E-state index contributed by atoms with van der Waals surface area (Å²) >= 11 is 6.03. The van der Waals surface area contributed by atoms with E-state index < -0.39 is 34.3 Å². The Balaban J connectivity index is 2.02. The van der Waals surface area contributed by atoms with Crippen LogP contribution in [0, 0.1) is 5.82 Å². The van der Waals surface area contributed by atoms with Crippen LogP contribution in [0.4, 0.5) is 10.1 Å². The standard InChI is InChI=1S/C28H31ClFN3O4S/c1-3-18-31-28(35)26(4-2)32(19-21-10-14-23(30)15-11-21)27(34)20-33(24-16-12-22(29)13-17-24)38(36,37)25-8-6-5-7-9-25/h5-17,26H,3-4,18-20H2,1-2H3,(H,31,35). The second-order valence-electron chi connectivity index (χ2n) is 8.66. The highest BCUT2D eigenvalue weighted by atomic mass is 35.5. The first-order valence-corrected chi connectivity index (χ1v) is 14.1. The van der Waals surface area contributed by atoms with Crippen LogP contribution in [0.3, 0.4) is 0 Å². The minimum atomic E-state index is -4.15. The van der Waals surface area contributed by atoms with Crippen LogP contribution in [0.1, 0.15) is 32.3 Å². The van der Waals surface area contributed by atoms with Crippen LogP contribution >= 0.6 is 11.6 Å². The Kier molecular flexibility index (Phi) is 10.3. The highest BCUT2D eigenvalue weighted by Crippen LogP contribution is 2.26. The summed E-state index contributed by atoms with van der Waals surface area (Å²) in [4.78, 5) is 28.2. The molecule has 2 amide bonds. The summed E-state index contributed by atoms with van der Waals surface area (Å²) in [5.41, 5.74) is 0.849. The molecule has 0 aliphatic carbocycles. The van der Waals surface area contributed by atoms with Crippen molar-refractivity contribution in [1.82, 2.24) is 10.2 Å². The molecule has 3 aromatic rings. The molecule has 3 rings (SSSR count). The summed E-state index contributed by atoms with van der Waals surface area (Å²) in [6.45, 7) is 3.57. The van der Waals surface area contributed by atoms with Crippen molar-refractivity contribution in [2.75, 3.05) is 17.4 Å². The number of halogens is 2. The molecule has 1 unspecified atom stereocenters. The van der Waals surface area contributed by atoms with Crippen LogP contribution in [-0.2, 0) is 26.2 Å². The SMILES string of the molecule is CCCNC(=O)C(CC)N(Cc1ccc(F)cc1)C(=O)CN(c1ccc(Cl)cc1)S(=O)(=O)c1ccccc1. The van der Waals surface area contributed by atoms with Crippen molar-refractivity contribution in [2.24, 2.45) is 0 Å². The molecule has 10 heteroatoms. The third kappa shape index (κ3) is 7.33. The van der Waals surface area contributed by atoms with Gasteiger partial charge in [0.05, 0.1) is 10.6 Å². The predicted molar refractivity (Wildman–Crippen MR) is 147 cm³/mol. The van der Waals surface area contributed by atoms with Gasteiger partial charge in [-0.3, -0.25) is 13.9 Å². The fourth-order valence-corrected chi connectivity index (χ4v) is 5.49. The number of nitrogens with zero attached hydrogens (tertiary/aromatic N) is 2. The Hall–Kier alpha value is -3.43.